The van der Waals surface area contributed by atoms with Crippen LogP contribution in [0.4, 0.5) is 5.69 Å². The quantitative estimate of drug-likeness (QED) is 0.772. The molecule has 0 aliphatic heterocycles. The summed E-state index contributed by atoms with van der Waals surface area (Å²) >= 11 is 0. The Morgan fingerprint density at radius 2 is 2.29 bits per heavy atom. The van der Waals surface area contributed by atoms with E-state index >= 15 is 0 Å². The normalized spacial score (nSPS) is 10.4. The molecular formula is C14H19N3. The Balaban J connectivity index is 1.74. The maximum Gasteiger partial charge on any atom is 0.0945 e. The Bertz CT molecular complexity index is 434. The van der Waals surface area contributed by atoms with Crippen molar-refractivity contribution in [3.8, 4) is 0 Å². The molecular weight excluding hydrogens is 210 g/mol. The van der Waals surface area contributed by atoms with Crippen LogP contribution in [0.3, 0.4) is 0 Å². The maximum absolute atomic E-state index is 4.02. The number of benzene rings is 1. The third-order valence-electron chi connectivity index (χ3n) is 2.82. The van der Waals surface area contributed by atoms with Crippen molar-refractivity contribution < 1.29 is 0 Å². The van der Waals surface area contributed by atoms with Gasteiger partial charge in [0.25, 0.3) is 0 Å². The SMILES string of the molecule is CCc1cccc(NCCCn2ccnc2)c1. The predicted molar refractivity (Wildman–Crippen MR) is 71.2 cm³/mol. The van der Waals surface area contributed by atoms with Crippen molar-refractivity contribution in [3.05, 3.63) is 48.5 Å². The molecule has 1 aromatic carbocycles. The highest BCUT2D eigenvalue weighted by molar-refractivity contribution is 5.45. The molecule has 1 heterocycles. The van der Waals surface area contributed by atoms with Gasteiger partial charge in [-0.15, -0.1) is 0 Å². The Morgan fingerprint density at radius 1 is 1.35 bits per heavy atom. The van der Waals surface area contributed by atoms with Crippen molar-refractivity contribution in [2.24, 2.45) is 0 Å². The molecule has 3 nitrogen and oxygen atoms in total. The molecule has 1 N–H and O–H groups in total. The van der Waals surface area contributed by atoms with Crippen LogP contribution in [0.1, 0.15) is 18.9 Å². The van der Waals surface area contributed by atoms with E-state index in [1.54, 1.807) is 0 Å². The number of hydrogen-bond acceptors (Lipinski definition) is 2. The molecule has 17 heavy (non-hydrogen) atoms. The fraction of sp³-hybridized carbons (Fsp3) is 0.357. The van der Waals surface area contributed by atoms with Gasteiger partial charge in [0.2, 0.25) is 0 Å². The zero-order valence-electron chi connectivity index (χ0n) is 10.3. The molecule has 0 fully saturated rings. The third kappa shape index (κ3) is 3.63. The van der Waals surface area contributed by atoms with Crippen molar-refractivity contribution >= 4 is 5.69 Å². The smallest absolute Gasteiger partial charge is 0.0945 e. The topological polar surface area (TPSA) is 29.9 Å². The molecule has 0 unspecified atom stereocenters. The van der Waals surface area contributed by atoms with Crippen molar-refractivity contribution in [3.63, 3.8) is 0 Å². The van der Waals surface area contributed by atoms with E-state index in [2.05, 4.69) is 46.1 Å². The van der Waals surface area contributed by atoms with E-state index in [0.717, 1.165) is 25.9 Å². The largest absolute Gasteiger partial charge is 0.385 e. The molecule has 0 bridgehead atoms. The van der Waals surface area contributed by atoms with Crippen LogP contribution in [0.2, 0.25) is 0 Å². The van der Waals surface area contributed by atoms with Crippen LogP contribution in [-0.2, 0) is 13.0 Å². The maximum atomic E-state index is 4.02. The summed E-state index contributed by atoms with van der Waals surface area (Å²) in [7, 11) is 0. The van der Waals surface area contributed by atoms with Gasteiger partial charge in [-0.05, 0) is 30.5 Å². The number of anilines is 1. The molecule has 1 aromatic heterocycles. The van der Waals surface area contributed by atoms with Gasteiger partial charge in [0, 0.05) is 31.2 Å². The zero-order valence-corrected chi connectivity index (χ0v) is 10.3. The number of nitrogens with zero attached hydrogens (tertiary/aromatic N) is 2. The number of imidazole rings is 1. The lowest BCUT2D eigenvalue weighted by molar-refractivity contribution is 0.661. The number of aromatic nitrogens is 2. The van der Waals surface area contributed by atoms with Crippen LogP contribution in [0.5, 0.6) is 0 Å². The molecule has 0 radical (unpaired) electrons. The Kier molecular flexibility index (Phi) is 4.19. The van der Waals surface area contributed by atoms with Crippen molar-refractivity contribution in [2.75, 3.05) is 11.9 Å². The minimum atomic E-state index is 0.991. The van der Waals surface area contributed by atoms with E-state index in [1.807, 2.05) is 18.7 Å². The summed E-state index contributed by atoms with van der Waals surface area (Å²) in [4.78, 5) is 4.02. The number of aryl methyl sites for hydroxylation is 2. The second kappa shape index (κ2) is 6.09. The molecule has 0 saturated carbocycles. The molecule has 0 saturated heterocycles. The van der Waals surface area contributed by atoms with Crippen molar-refractivity contribution in [2.45, 2.75) is 26.3 Å². The fourth-order valence-electron chi connectivity index (χ4n) is 1.81. The first-order valence-electron chi connectivity index (χ1n) is 6.17. The van der Waals surface area contributed by atoms with Gasteiger partial charge >= 0.3 is 0 Å². The number of rotatable bonds is 6. The molecule has 0 spiro atoms. The second-order valence-corrected chi connectivity index (χ2v) is 4.13. The summed E-state index contributed by atoms with van der Waals surface area (Å²) in [5, 5.41) is 3.45. The number of hydrogen-bond donors (Lipinski definition) is 1. The average molecular weight is 229 g/mol. The van der Waals surface area contributed by atoms with Gasteiger partial charge in [0.15, 0.2) is 0 Å². The first-order chi connectivity index (χ1) is 8.38. The van der Waals surface area contributed by atoms with Gasteiger partial charge in [0.05, 0.1) is 6.33 Å². The molecule has 90 valence electrons. The highest BCUT2D eigenvalue weighted by Gasteiger charge is 1.94. The first kappa shape index (κ1) is 11.7. The minimum absolute atomic E-state index is 0.991. The average Bonchev–Trinajstić information content (AvgIpc) is 2.88. The summed E-state index contributed by atoms with van der Waals surface area (Å²) in [6, 6.07) is 8.61. The molecule has 2 rings (SSSR count). The van der Waals surface area contributed by atoms with Gasteiger partial charge in [-0.1, -0.05) is 19.1 Å². The Labute approximate surface area is 103 Å². The van der Waals surface area contributed by atoms with E-state index in [0.29, 0.717) is 0 Å². The predicted octanol–water partition coefficient (Wildman–Crippen LogP) is 2.95. The minimum Gasteiger partial charge on any atom is -0.385 e. The van der Waals surface area contributed by atoms with Crippen LogP contribution in [0.15, 0.2) is 43.0 Å². The van der Waals surface area contributed by atoms with Crippen LogP contribution < -0.4 is 5.32 Å². The summed E-state index contributed by atoms with van der Waals surface area (Å²) < 4.78 is 2.10. The summed E-state index contributed by atoms with van der Waals surface area (Å²) in [5.41, 5.74) is 2.60. The zero-order chi connectivity index (χ0) is 11.9. The van der Waals surface area contributed by atoms with E-state index in [1.165, 1.54) is 11.3 Å². The lowest BCUT2D eigenvalue weighted by atomic mass is 10.1. The van der Waals surface area contributed by atoms with Crippen LogP contribution in [0, 0.1) is 0 Å². The van der Waals surface area contributed by atoms with E-state index < -0.39 is 0 Å². The summed E-state index contributed by atoms with van der Waals surface area (Å²) in [5.74, 6) is 0. The van der Waals surface area contributed by atoms with Crippen LogP contribution in [-0.4, -0.2) is 16.1 Å². The van der Waals surface area contributed by atoms with E-state index in [-0.39, 0.29) is 0 Å². The number of nitrogens with one attached hydrogen (secondary N) is 1. The van der Waals surface area contributed by atoms with E-state index in [9.17, 15) is 0 Å². The standard InChI is InChI=1S/C14H19N3/c1-2-13-5-3-6-14(11-13)16-7-4-9-17-10-8-15-12-17/h3,5-6,8,10-12,16H,2,4,7,9H2,1H3. The molecule has 0 aliphatic carbocycles. The van der Waals surface area contributed by atoms with Gasteiger partial charge < -0.3 is 9.88 Å². The fourth-order valence-corrected chi connectivity index (χ4v) is 1.81. The molecule has 0 aliphatic rings. The van der Waals surface area contributed by atoms with Gasteiger partial charge in [0.1, 0.15) is 0 Å². The second-order valence-electron chi connectivity index (χ2n) is 4.13. The monoisotopic (exact) mass is 229 g/mol. The molecule has 0 amide bonds. The first-order valence-corrected chi connectivity index (χ1v) is 6.17. The third-order valence-corrected chi connectivity index (χ3v) is 2.82. The van der Waals surface area contributed by atoms with E-state index in [4.69, 9.17) is 0 Å². The summed E-state index contributed by atoms with van der Waals surface area (Å²) in [6.45, 7) is 4.18. The lowest BCUT2D eigenvalue weighted by Gasteiger charge is -2.08. The van der Waals surface area contributed by atoms with Crippen molar-refractivity contribution in [1.29, 1.82) is 0 Å². The molecule has 0 atom stereocenters. The Morgan fingerprint density at radius 3 is 3.06 bits per heavy atom. The van der Waals surface area contributed by atoms with Crippen LogP contribution >= 0.6 is 0 Å². The van der Waals surface area contributed by atoms with Crippen LogP contribution in [0.25, 0.3) is 0 Å². The van der Waals surface area contributed by atoms with Gasteiger partial charge in [-0.3, -0.25) is 0 Å². The molecule has 3 heteroatoms. The summed E-state index contributed by atoms with van der Waals surface area (Å²) in [6.07, 6.45) is 7.87. The molecule has 2 aromatic rings. The highest BCUT2D eigenvalue weighted by atomic mass is 15.0. The van der Waals surface area contributed by atoms with Crippen molar-refractivity contribution in [1.82, 2.24) is 9.55 Å². The Hall–Kier alpha value is -1.77. The van der Waals surface area contributed by atoms with Gasteiger partial charge in [-0.2, -0.15) is 0 Å². The highest BCUT2D eigenvalue weighted by Crippen LogP contribution is 2.10. The van der Waals surface area contributed by atoms with Gasteiger partial charge in [-0.25, -0.2) is 4.98 Å². The lowest BCUT2D eigenvalue weighted by Crippen LogP contribution is -2.05.